The number of carboxylic acid groups (broad SMARTS) is 1. The van der Waals surface area contributed by atoms with Gasteiger partial charge in [-0.15, -0.1) is 0 Å². The van der Waals surface area contributed by atoms with E-state index >= 15 is 0 Å². The molecule has 1 fully saturated rings. The Kier molecular flexibility index (Phi) is 3.94. The first kappa shape index (κ1) is 13.0. The minimum absolute atomic E-state index is 0.0258. The Morgan fingerprint density at radius 2 is 1.75 bits per heavy atom. The maximum absolute atomic E-state index is 12.2. The lowest BCUT2D eigenvalue weighted by molar-refractivity contribution is -0.153. The van der Waals surface area contributed by atoms with E-state index in [0.29, 0.717) is 0 Å². The lowest BCUT2D eigenvalue weighted by Crippen LogP contribution is -2.48. The zero-order chi connectivity index (χ0) is 12.3. The fourth-order valence-corrected chi connectivity index (χ4v) is 2.31. The normalized spacial score (nSPS) is 21.2. The second-order valence-corrected chi connectivity index (χ2v) is 5.05. The van der Waals surface area contributed by atoms with Crippen molar-refractivity contribution in [3.05, 3.63) is 0 Å². The third-order valence-electron chi connectivity index (χ3n) is 3.73. The molecule has 4 nitrogen and oxygen atoms in total. The summed E-state index contributed by atoms with van der Waals surface area (Å²) >= 11 is 0. The monoisotopic (exact) mass is 227 g/mol. The summed E-state index contributed by atoms with van der Waals surface area (Å²) in [5.74, 6) is -0.975. The van der Waals surface area contributed by atoms with Gasteiger partial charge >= 0.3 is 5.97 Å². The fourth-order valence-electron chi connectivity index (χ4n) is 2.31. The summed E-state index contributed by atoms with van der Waals surface area (Å²) in [7, 11) is 1.58. The van der Waals surface area contributed by atoms with Gasteiger partial charge < -0.3 is 10.0 Å². The molecule has 1 amide bonds. The predicted molar refractivity (Wildman–Crippen MR) is 61.1 cm³/mol. The van der Waals surface area contributed by atoms with Crippen molar-refractivity contribution in [2.75, 3.05) is 7.05 Å². The molecule has 1 unspecified atom stereocenters. The molecule has 92 valence electrons. The van der Waals surface area contributed by atoms with Gasteiger partial charge in [-0.2, -0.15) is 0 Å². The van der Waals surface area contributed by atoms with Gasteiger partial charge in [-0.25, -0.2) is 4.79 Å². The van der Waals surface area contributed by atoms with Crippen molar-refractivity contribution in [1.82, 2.24) is 4.90 Å². The van der Waals surface area contributed by atoms with Crippen LogP contribution in [0.15, 0.2) is 0 Å². The van der Waals surface area contributed by atoms with Crippen LogP contribution in [0.25, 0.3) is 0 Å². The highest BCUT2D eigenvalue weighted by Crippen LogP contribution is 2.37. The van der Waals surface area contributed by atoms with Gasteiger partial charge in [-0.05, 0) is 19.8 Å². The van der Waals surface area contributed by atoms with E-state index in [1.807, 2.05) is 6.92 Å². The van der Waals surface area contributed by atoms with Gasteiger partial charge in [0.15, 0.2) is 0 Å². The SMILES string of the molecule is CC(C(=O)O)N(C)C(=O)C1(C)CCCCC1. The number of nitrogens with zero attached hydrogens (tertiary/aromatic N) is 1. The summed E-state index contributed by atoms with van der Waals surface area (Å²) in [6, 6.07) is -0.744. The van der Waals surface area contributed by atoms with Crippen LogP contribution in [-0.2, 0) is 9.59 Å². The summed E-state index contributed by atoms with van der Waals surface area (Å²) in [5.41, 5.74) is -0.350. The highest BCUT2D eigenvalue weighted by molar-refractivity contribution is 5.86. The number of rotatable bonds is 3. The Balaban J connectivity index is 2.72. The largest absolute Gasteiger partial charge is 0.480 e. The van der Waals surface area contributed by atoms with Gasteiger partial charge in [0.1, 0.15) is 6.04 Å². The zero-order valence-corrected chi connectivity index (χ0v) is 10.3. The number of hydrogen-bond acceptors (Lipinski definition) is 2. The van der Waals surface area contributed by atoms with Crippen LogP contribution in [0.1, 0.15) is 46.0 Å². The Labute approximate surface area is 96.6 Å². The molecular weight excluding hydrogens is 206 g/mol. The Morgan fingerprint density at radius 3 is 2.19 bits per heavy atom. The first-order valence-electron chi connectivity index (χ1n) is 5.88. The van der Waals surface area contributed by atoms with Gasteiger partial charge in [0.05, 0.1) is 0 Å². The summed E-state index contributed by atoms with van der Waals surface area (Å²) in [6.45, 7) is 3.51. The van der Waals surface area contributed by atoms with Crippen LogP contribution in [0.5, 0.6) is 0 Å². The molecule has 1 N–H and O–H groups in total. The molecule has 0 aromatic rings. The first-order chi connectivity index (χ1) is 7.38. The van der Waals surface area contributed by atoms with Crippen molar-refractivity contribution in [1.29, 1.82) is 0 Å². The van der Waals surface area contributed by atoms with Gasteiger partial charge in [-0.3, -0.25) is 4.79 Å². The topological polar surface area (TPSA) is 57.6 Å². The van der Waals surface area contributed by atoms with E-state index in [9.17, 15) is 9.59 Å². The Morgan fingerprint density at radius 1 is 1.25 bits per heavy atom. The van der Waals surface area contributed by atoms with Crippen LogP contribution in [0.4, 0.5) is 0 Å². The van der Waals surface area contributed by atoms with Crippen LogP contribution >= 0.6 is 0 Å². The van der Waals surface area contributed by atoms with E-state index in [0.717, 1.165) is 25.7 Å². The van der Waals surface area contributed by atoms with Crippen molar-refractivity contribution in [3.8, 4) is 0 Å². The molecular formula is C12H21NO3. The molecule has 4 heteroatoms. The molecule has 0 spiro atoms. The molecule has 16 heavy (non-hydrogen) atoms. The van der Waals surface area contributed by atoms with Crippen LogP contribution in [0.3, 0.4) is 0 Å². The van der Waals surface area contributed by atoms with Crippen molar-refractivity contribution >= 4 is 11.9 Å². The van der Waals surface area contributed by atoms with E-state index in [1.54, 1.807) is 14.0 Å². The van der Waals surface area contributed by atoms with Crippen LogP contribution in [-0.4, -0.2) is 35.0 Å². The molecule has 0 aromatic heterocycles. The summed E-state index contributed by atoms with van der Waals surface area (Å²) < 4.78 is 0. The highest BCUT2D eigenvalue weighted by Gasteiger charge is 2.38. The molecule has 0 saturated heterocycles. The standard InChI is InChI=1S/C12H21NO3/c1-9(10(14)15)13(3)11(16)12(2)7-5-4-6-8-12/h9H,4-8H2,1-3H3,(H,14,15). The molecule has 0 bridgehead atoms. The van der Waals surface area contributed by atoms with Gasteiger partial charge in [0.2, 0.25) is 5.91 Å². The lowest BCUT2D eigenvalue weighted by atomic mass is 9.74. The molecule has 1 aliphatic carbocycles. The number of hydrogen-bond donors (Lipinski definition) is 1. The zero-order valence-electron chi connectivity index (χ0n) is 10.3. The average molecular weight is 227 g/mol. The smallest absolute Gasteiger partial charge is 0.326 e. The summed E-state index contributed by atoms with van der Waals surface area (Å²) in [4.78, 5) is 24.4. The van der Waals surface area contributed by atoms with E-state index < -0.39 is 12.0 Å². The van der Waals surface area contributed by atoms with E-state index in [4.69, 9.17) is 5.11 Å². The Bertz CT molecular complexity index is 282. The predicted octanol–water partition coefficient (Wildman–Crippen LogP) is 1.89. The maximum atomic E-state index is 12.2. The van der Waals surface area contributed by atoms with Crippen LogP contribution in [0.2, 0.25) is 0 Å². The number of likely N-dealkylation sites (N-methyl/N-ethyl adjacent to an activating group) is 1. The second-order valence-electron chi connectivity index (χ2n) is 5.05. The first-order valence-corrected chi connectivity index (χ1v) is 5.88. The molecule has 1 atom stereocenters. The molecule has 0 aromatic carbocycles. The van der Waals surface area contributed by atoms with E-state index in [1.165, 1.54) is 11.3 Å². The number of carboxylic acids is 1. The van der Waals surface area contributed by atoms with Crippen molar-refractivity contribution in [2.24, 2.45) is 5.41 Å². The van der Waals surface area contributed by atoms with Crippen LogP contribution in [0, 0.1) is 5.41 Å². The average Bonchev–Trinajstić information content (AvgIpc) is 2.27. The number of amides is 1. The minimum Gasteiger partial charge on any atom is -0.480 e. The van der Waals surface area contributed by atoms with E-state index in [-0.39, 0.29) is 11.3 Å². The number of aliphatic carboxylic acids is 1. The van der Waals surface area contributed by atoms with E-state index in [2.05, 4.69) is 0 Å². The third-order valence-corrected chi connectivity index (χ3v) is 3.73. The van der Waals surface area contributed by atoms with Crippen molar-refractivity contribution in [2.45, 2.75) is 52.0 Å². The second kappa shape index (κ2) is 4.85. The molecule has 0 aliphatic heterocycles. The third kappa shape index (κ3) is 2.54. The summed E-state index contributed by atoms with van der Waals surface area (Å²) in [5, 5.41) is 8.89. The molecule has 0 radical (unpaired) electrons. The molecule has 1 aliphatic rings. The number of carbonyl (C=O) groups excluding carboxylic acids is 1. The van der Waals surface area contributed by atoms with Gasteiger partial charge in [0, 0.05) is 12.5 Å². The Hall–Kier alpha value is -1.06. The summed E-state index contributed by atoms with van der Waals surface area (Å²) in [6.07, 6.45) is 5.07. The van der Waals surface area contributed by atoms with Crippen LogP contribution < -0.4 is 0 Å². The van der Waals surface area contributed by atoms with Gasteiger partial charge in [-0.1, -0.05) is 26.2 Å². The fraction of sp³-hybridized carbons (Fsp3) is 0.833. The quantitative estimate of drug-likeness (QED) is 0.801. The lowest BCUT2D eigenvalue weighted by Gasteiger charge is -2.36. The molecule has 1 rings (SSSR count). The number of carbonyl (C=O) groups is 2. The highest BCUT2D eigenvalue weighted by atomic mass is 16.4. The minimum atomic E-state index is -0.949. The van der Waals surface area contributed by atoms with Gasteiger partial charge in [0.25, 0.3) is 0 Å². The maximum Gasteiger partial charge on any atom is 0.326 e. The molecule has 0 heterocycles. The van der Waals surface area contributed by atoms with Crippen molar-refractivity contribution in [3.63, 3.8) is 0 Å². The molecule has 1 saturated carbocycles. The van der Waals surface area contributed by atoms with Crippen molar-refractivity contribution < 1.29 is 14.7 Å².